The molecule has 1 aliphatic heterocycles. The van der Waals surface area contributed by atoms with Gasteiger partial charge in [0.2, 0.25) is 11.8 Å². The first kappa shape index (κ1) is 18.7. The standard InChI is InChI=1S/C21H36N2O2/c24-20(12-11-17-7-3-1-4-8-17)22-19-13-15-23(16-14-19)21(25)18-9-5-2-6-10-18/h17-19H,1-16H2,(H,22,24). The molecule has 142 valence electrons. The first-order chi connectivity index (χ1) is 12.2. The summed E-state index contributed by atoms with van der Waals surface area (Å²) in [6.45, 7) is 1.64. The minimum absolute atomic E-state index is 0.225. The molecular formula is C21H36N2O2. The first-order valence-corrected chi connectivity index (χ1v) is 10.8. The van der Waals surface area contributed by atoms with Crippen LogP contribution in [0.15, 0.2) is 0 Å². The zero-order valence-electron chi connectivity index (χ0n) is 15.8. The van der Waals surface area contributed by atoms with E-state index in [0.29, 0.717) is 12.3 Å². The van der Waals surface area contributed by atoms with Gasteiger partial charge in [0.25, 0.3) is 0 Å². The van der Waals surface area contributed by atoms with Crippen molar-refractivity contribution in [2.24, 2.45) is 11.8 Å². The van der Waals surface area contributed by atoms with E-state index in [-0.39, 0.29) is 17.9 Å². The molecule has 2 saturated carbocycles. The predicted molar refractivity (Wildman–Crippen MR) is 100 cm³/mol. The maximum atomic E-state index is 12.6. The molecule has 0 atom stereocenters. The fraction of sp³-hybridized carbons (Fsp3) is 0.905. The molecule has 3 fully saturated rings. The van der Waals surface area contributed by atoms with E-state index < -0.39 is 0 Å². The molecule has 0 unspecified atom stereocenters. The Bertz CT molecular complexity index is 431. The number of carbonyl (C=O) groups excluding carboxylic acids is 2. The quantitative estimate of drug-likeness (QED) is 0.815. The summed E-state index contributed by atoms with van der Waals surface area (Å²) < 4.78 is 0. The lowest BCUT2D eigenvalue weighted by atomic mass is 9.86. The topological polar surface area (TPSA) is 49.4 Å². The van der Waals surface area contributed by atoms with Crippen molar-refractivity contribution in [2.45, 2.75) is 95.9 Å². The van der Waals surface area contributed by atoms with E-state index >= 15 is 0 Å². The third-order valence-corrected chi connectivity index (χ3v) is 6.63. The van der Waals surface area contributed by atoms with Crippen molar-refractivity contribution in [3.63, 3.8) is 0 Å². The van der Waals surface area contributed by atoms with Crippen LogP contribution in [0.4, 0.5) is 0 Å². The smallest absolute Gasteiger partial charge is 0.225 e. The molecule has 3 rings (SSSR count). The molecular weight excluding hydrogens is 312 g/mol. The van der Waals surface area contributed by atoms with Gasteiger partial charge < -0.3 is 10.2 Å². The van der Waals surface area contributed by atoms with Gasteiger partial charge in [-0.05, 0) is 38.0 Å². The second kappa shape index (κ2) is 9.59. The van der Waals surface area contributed by atoms with E-state index in [1.165, 1.54) is 51.4 Å². The second-order valence-corrected chi connectivity index (χ2v) is 8.54. The van der Waals surface area contributed by atoms with Crippen LogP contribution < -0.4 is 5.32 Å². The Morgan fingerprint density at radius 2 is 1.40 bits per heavy atom. The highest BCUT2D eigenvalue weighted by Gasteiger charge is 2.29. The molecule has 0 aromatic carbocycles. The number of carbonyl (C=O) groups is 2. The molecule has 0 aromatic heterocycles. The van der Waals surface area contributed by atoms with Crippen LogP contribution >= 0.6 is 0 Å². The summed E-state index contributed by atoms with van der Waals surface area (Å²) in [7, 11) is 0. The van der Waals surface area contributed by atoms with Crippen LogP contribution in [-0.4, -0.2) is 35.8 Å². The van der Waals surface area contributed by atoms with Crippen LogP contribution in [0.25, 0.3) is 0 Å². The van der Waals surface area contributed by atoms with Crippen molar-refractivity contribution in [1.82, 2.24) is 10.2 Å². The third kappa shape index (κ3) is 5.72. The molecule has 0 bridgehead atoms. The van der Waals surface area contributed by atoms with Gasteiger partial charge in [0, 0.05) is 31.5 Å². The van der Waals surface area contributed by atoms with Gasteiger partial charge >= 0.3 is 0 Å². The van der Waals surface area contributed by atoms with Gasteiger partial charge in [0.1, 0.15) is 0 Å². The molecule has 0 radical (unpaired) electrons. The number of hydrogen-bond acceptors (Lipinski definition) is 2. The van der Waals surface area contributed by atoms with Crippen LogP contribution in [0.5, 0.6) is 0 Å². The Balaban J connectivity index is 1.32. The SMILES string of the molecule is O=C(CCC1CCCCC1)NC1CCN(C(=O)C2CCCCC2)CC1. The number of likely N-dealkylation sites (tertiary alicyclic amines) is 1. The lowest BCUT2D eigenvalue weighted by molar-refractivity contribution is -0.137. The summed E-state index contributed by atoms with van der Waals surface area (Å²) in [6, 6.07) is 0.272. The highest BCUT2D eigenvalue weighted by molar-refractivity contribution is 5.79. The zero-order chi connectivity index (χ0) is 17.5. The maximum Gasteiger partial charge on any atom is 0.225 e. The minimum atomic E-state index is 0.225. The van der Waals surface area contributed by atoms with E-state index in [9.17, 15) is 9.59 Å². The fourth-order valence-electron chi connectivity index (χ4n) is 4.96. The van der Waals surface area contributed by atoms with E-state index in [0.717, 1.165) is 51.1 Å². The maximum absolute atomic E-state index is 12.6. The molecule has 0 spiro atoms. The van der Waals surface area contributed by atoms with Crippen LogP contribution in [0.1, 0.15) is 89.9 Å². The van der Waals surface area contributed by atoms with Crippen molar-refractivity contribution < 1.29 is 9.59 Å². The number of amides is 2. The molecule has 1 N–H and O–H groups in total. The van der Waals surface area contributed by atoms with Gasteiger partial charge in [-0.1, -0.05) is 51.4 Å². The molecule has 3 aliphatic rings. The van der Waals surface area contributed by atoms with Crippen molar-refractivity contribution in [2.75, 3.05) is 13.1 Å². The van der Waals surface area contributed by atoms with Gasteiger partial charge in [-0.25, -0.2) is 0 Å². The van der Waals surface area contributed by atoms with Gasteiger partial charge in [-0.15, -0.1) is 0 Å². The van der Waals surface area contributed by atoms with Crippen LogP contribution in [-0.2, 0) is 9.59 Å². The highest BCUT2D eigenvalue weighted by atomic mass is 16.2. The lowest BCUT2D eigenvalue weighted by Gasteiger charge is -2.35. The van der Waals surface area contributed by atoms with E-state index in [4.69, 9.17) is 0 Å². The number of nitrogens with zero attached hydrogens (tertiary/aromatic N) is 1. The number of hydrogen-bond donors (Lipinski definition) is 1. The minimum Gasteiger partial charge on any atom is -0.353 e. The predicted octanol–water partition coefficient (Wildman–Crippen LogP) is 4.03. The molecule has 25 heavy (non-hydrogen) atoms. The molecule has 2 aliphatic carbocycles. The Morgan fingerprint density at radius 3 is 2.04 bits per heavy atom. The molecule has 4 nitrogen and oxygen atoms in total. The van der Waals surface area contributed by atoms with Gasteiger partial charge in [-0.3, -0.25) is 9.59 Å². The molecule has 2 amide bonds. The highest BCUT2D eigenvalue weighted by Crippen LogP contribution is 2.28. The lowest BCUT2D eigenvalue weighted by Crippen LogP contribution is -2.48. The summed E-state index contributed by atoms with van der Waals surface area (Å²) in [4.78, 5) is 26.9. The number of rotatable bonds is 5. The first-order valence-electron chi connectivity index (χ1n) is 10.8. The normalized spacial score (nSPS) is 24.2. The summed E-state index contributed by atoms with van der Waals surface area (Å²) in [5.41, 5.74) is 0. The van der Waals surface area contributed by atoms with Crippen molar-refractivity contribution in [1.29, 1.82) is 0 Å². The Morgan fingerprint density at radius 1 is 0.800 bits per heavy atom. The number of piperidine rings is 1. The van der Waals surface area contributed by atoms with E-state index in [2.05, 4.69) is 10.2 Å². The van der Waals surface area contributed by atoms with Crippen LogP contribution in [0.3, 0.4) is 0 Å². The van der Waals surface area contributed by atoms with E-state index in [1.807, 2.05) is 0 Å². The summed E-state index contributed by atoms with van der Waals surface area (Å²) >= 11 is 0. The summed E-state index contributed by atoms with van der Waals surface area (Å²) in [5, 5.41) is 3.22. The molecule has 1 heterocycles. The largest absolute Gasteiger partial charge is 0.353 e. The third-order valence-electron chi connectivity index (χ3n) is 6.63. The van der Waals surface area contributed by atoms with Crippen molar-refractivity contribution in [3.05, 3.63) is 0 Å². The van der Waals surface area contributed by atoms with Crippen molar-refractivity contribution >= 4 is 11.8 Å². The molecule has 1 saturated heterocycles. The van der Waals surface area contributed by atoms with E-state index in [1.54, 1.807) is 0 Å². The second-order valence-electron chi connectivity index (χ2n) is 8.54. The van der Waals surface area contributed by atoms with Crippen LogP contribution in [0, 0.1) is 11.8 Å². The Hall–Kier alpha value is -1.06. The van der Waals surface area contributed by atoms with Gasteiger partial charge in [-0.2, -0.15) is 0 Å². The average Bonchev–Trinajstić information content (AvgIpc) is 2.68. The summed E-state index contributed by atoms with van der Waals surface area (Å²) in [6.07, 6.45) is 16.2. The summed E-state index contributed by atoms with van der Waals surface area (Å²) in [5.74, 6) is 1.65. The Kier molecular flexibility index (Phi) is 7.18. The zero-order valence-corrected chi connectivity index (χ0v) is 15.8. The number of nitrogens with one attached hydrogen (secondary N) is 1. The Labute approximate surface area is 153 Å². The van der Waals surface area contributed by atoms with Crippen LogP contribution in [0.2, 0.25) is 0 Å². The van der Waals surface area contributed by atoms with Crippen molar-refractivity contribution in [3.8, 4) is 0 Å². The molecule has 0 aromatic rings. The van der Waals surface area contributed by atoms with Gasteiger partial charge in [0.15, 0.2) is 0 Å². The van der Waals surface area contributed by atoms with Gasteiger partial charge in [0.05, 0.1) is 0 Å². The fourth-order valence-corrected chi connectivity index (χ4v) is 4.96. The monoisotopic (exact) mass is 348 g/mol. The average molecular weight is 349 g/mol. The molecule has 4 heteroatoms.